The molecule has 0 aromatic carbocycles. The summed E-state index contributed by atoms with van der Waals surface area (Å²) in [4.78, 5) is 302. The number of nitrogens with zero attached hydrogens (tertiary/aromatic N) is 12. The van der Waals surface area contributed by atoms with Crippen LogP contribution in [-0.2, 0) is 101 Å². The Morgan fingerprint density at radius 2 is 0.508 bits per heavy atom. The van der Waals surface area contributed by atoms with Gasteiger partial charge in [-0.3, -0.25) is 101 Å². The summed E-state index contributed by atoms with van der Waals surface area (Å²) in [5, 5.41) is 95.8. The predicted molar refractivity (Wildman–Crippen MR) is 451 cm³/mol. The van der Waals surface area contributed by atoms with Gasteiger partial charge in [-0.25, -0.2) is 0 Å². The van der Waals surface area contributed by atoms with Gasteiger partial charge in [-0.1, -0.05) is 0 Å². The number of carbonyl (C=O) groups is 21. The largest absolute Gasteiger partial charge is 0.480 e. The van der Waals surface area contributed by atoms with Gasteiger partial charge < -0.3 is 142 Å². The molecule has 13 heterocycles. The Hall–Kier alpha value is -11.1. The van der Waals surface area contributed by atoms with E-state index in [4.69, 9.17) is 5.11 Å². The summed E-state index contributed by atoms with van der Waals surface area (Å²) in [7, 11) is 0. The van der Waals surface area contributed by atoms with Crippen LogP contribution in [0.5, 0.6) is 0 Å². The lowest BCUT2D eigenvalue weighted by Gasteiger charge is -2.32. The van der Waals surface area contributed by atoms with Gasteiger partial charge in [0.15, 0.2) is 0 Å². The lowest BCUT2D eigenvalue weighted by molar-refractivity contribution is -0.148. The van der Waals surface area contributed by atoms with Gasteiger partial charge >= 0.3 is 5.97 Å². The van der Waals surface area contributed by atoms with E-state index in [2.05, 4.69) is 60.5 Å². The minimum Gasteiger partial charge on any atom is -0.480 e. The Balaban J connectivity index is 0.526. The van der Waals surface area contributed by atoms with Crippen molar-refractivity contribution in [2.75, 3.05) is 137 Å². The molecule has 0 aliphatic carbocycles. The van der Waals surface area contributed by atoms with E-state index in [0.29, 0.717) is 57.9 Å². The third-order valence-corrected chi connectivity index (χ3v) is 27.8. The molecule has 16 N–H and O–H groups in total. The summed E-state index contributed by atoms with van der Waals surface area (Å²) in [6.45, 7) is -5.21. The summed E-state index contributed by atoms with van der Waals surface area (Å²) in [5.74, 6) is -15.8. The zero-order chi connectivity index (χ0) is 95.0. The number of carbonyl (C=O) groups excluding carboxylic acids is 20. The normalized spacial score (nSPS) is 30.0. The fraction of sp³-hybridized carbons (Fsp3) is 0.744. The van der Waals surface area contributed by atoms with Gasteiger partial charge in [0.2, 0.25) is 118 Å². The van der Waals surface area contributed by atoms with Gasteiger partial charge in [0.1, 0.15) is 85.1 Å². The molecule has 0 spiro atoms. The molecule has 0 unspecified atom stereocenters. The Morgan fingerprint density at radius 3 is 0.742 bits per heavy atom. The number of hydrogen-bond donors (Lipinski definition) is 17. The highest BCUT2D eigenvalue weighted by atomic mass is 32.1. The molecule has 20 atom stereocenters. The maximum absolute atomic E-state index is 14.4. The van der Waals surface area contributed by atoms with Crippen LogP contribution in [0.25, 0.3) is 0 Å². The van der Waals surface area contributed by atoms with Crippen molar-refractivity contribution in [2.45, 2.75) is 250 Å². The molecule has 49 nitrogen and oxygen atoms in total. The zero-order valence-electron chi connectivity index (χ0n) is 73.1. The number of carboxylic acid groups (broad SMARTS) is 1. The Kier molecular flexibility index (Phi) is 32.3. The number of aliphatic carboxylic acids is 1. The van der Waals surface area contributed by atoms with Crippen molar-refractivity contribution >= 4 is 137 Å². The number of aliphatic hydroxyl groups excluding tert-OH is 6. The van der Waals surface area contributed by atoms with E-state index < -0.39 is 285 Å². The molecule has 20 amide bonds. The quantitative estimate of drug-likeness (QED) is 0.0297. The Morgan fingerprint density at radius 1 is 0.280 bits per heavy atom. The first-order valence-electron chi connectivity index (χ1n) is 45.5. The number of rotatable bonds is 30. The van der Waals surface area contributed by atoms with Gasteiger partial charge in [-0.05, 0) is 96.3 Å². The van der Waals surface area contributed by atoms with E-state index in [9.17, 15) is 131 Å². The highest BCUT2D eigenvalue weighted by Crippen LogP contribution is 2.34. The second-order valence-electron chi connectivity index (χ2n) is 36.2. The van der Waals surface area contributed by atoms with Gasteiger partial charge in [0.25, 0.3) is 0 Å². The van der Waals surface area contributed by atoms with Crippen LogP contribution in [0.3, 0.4) is 0 Å². The van der Waals surface area contributed by atoms with Crippen molar-refractivity contribution in [3.05, 3.63) is 0 Å². The van der Waals surface area contributed by atoms with Crippen LogP contribution in [0.4, 0.5) is 0 Å². The molecular formula is C82H119N21O28S. The van der Waals surface area contributed by atoms with Crippen molar-refractivity contribution in [1.82, 2.24) is 107 Å². The zero-order valence-corrected chi connectivity index (χ0v) is 74.0. The van der Waals surface area contributed by atoms with Crippen LogP contribution >= 0.6 is 12.6 Å². The molecule has 0 bridgehead atoms. The van der Waals surface area contributed by atoms with Crippen LogP contribution in [0, 0.1) is 0 Å². The minimum atomic E-state index is -1.35. The van der Waals surface area contributed by atoms with Crippen LogP contribution < -0.4 is 47.9 Å². The summed E-state index contributed by atoms with van der Waals surface area (Å²) >= 11 is 4.29. The van der Waals surface area contributed by atoms with E-state index in [1.165, 1.54) is 34.3 Å². The molecule has 13 aliphatic heterocycles. The first kappa shape index (κ1) is 98.4. The molecule has 13 rings (SSSR count). The lowest BCUT2D eigenvalue weighted by Crippen LogP contribution is -2.57. The third kappa shape index (κ3) is 22.2. The number of thiol groups is 1. The number of carboxylic acids is 1. The molecule has 13 saturated heterocycles. The highest BCUT2D eigenvalue weighted by Gasteiger charge is 2.53. The molecule has 0 saturated carbocycles. The number of aliphatic hydroxyl groups is 6. The van der Waals surface area contributed by atoms with Gasteiger partial charge in [-0.2, -0.15) is 12.6 Å². The van der Waals surface area contributed by atoms with Gasteiger partial charge in [0.05, 0.1) is 81.9 Å². The average molecular weight is 1880 g/mol. The summed E-state index contributed by atoms with van der Waals surface area (Å²) < 4.78 is 0. The van der Waals surface area contributed by atoms with Crippen LogP contribution in [0.2, 0.25) is 0 Å². The summed E-state index contributed by atoms with van der Waals surface area (Å²) in [6.07, 6.45) is -3.49. The standard InChI is InChI=1S/C82H119N21O28S/c104-42-22-48(83-28-42)76(125)92-15-1-8-50(92)70(119)85-30-63(111)100-37-44(106)24-58(100)79(128)95-18-4-11-53(95)73(122)88-33-66(114)102-39-46(108)26-60(102)81(130)97-20-6-13-55(97)72(121)87-32-65(113)99-36-43(105)23-57(99)78(127)94-17-3-10-52(94)69(118)84-29-62(110)91-49(41-132)77(126)93-16-2-9-51(93)71(120)86-31-64(112)101-38-45(107)25-59(101)80(129)96-19-5-12-54(96)74(123)89-34-67(115)103-40-47(109)27-61(103)82(131)98-21-7-14-56(98)75(124)90-35-68(116)117/h42-61,83,104-109,132H,1-41H2,(H,84,118)(H,85,119)(H,86,120)(H,87,121)(H,88,122)(H,89,123)(H,90,124)(H,91,110)(H,116,117)/t42-,43-,44-,45-,46-,47-,48+,49+,50+,51+,52+,53+,54+,55+,56+,57+,58+,59+,60+,61+/m1/s1. The SMILES string of the molecule is O=C(O)CNC(=O)[C@@H]1CCCN1C(=O)[C@@H]1C[C@@H](O)CN1C(=O)CNC(=O)[C@@H]1CCCN1C(=O)[C@@H]1C[C@@H](O)CN1C(=O)CNC(=O)[C@@H]1CCCN1C(=O)[C@H](CS)NC(=O)CNC(=O)[C@@H]1CCCN1C(=O)[C@@H]1C[C@@H](O)CN1C(=O)CNC(=O)[C@@H]1CCCN1C(=O)[C@@H]1C[C@@H](O)CN1C(=O)CNC(=O)[C@@H]1CCCN1C(=O)[C@@H]1C[C@@H](O)CN1C(=O)CNC(=O)[C@@H]1CCCN1C(=O)[C@@H]1C[C@@H](O)CN1. The number of nitrogens with one attached hydrogen (secondary N) is 9. The molecule has 0 aromatic rings. The van der Waals surface area contributed by atoms with E-state index in [0.717, 1.165) is 24.5 Å². The maximum atomic E-state index is 14.4. The van der Waals surface area contributed by atoms with Crippen molar-refractivity contribution in [3.8, 4) is 0 Å². The highest BCUT2D eigenvalue weighted by molar-refractivity contribution is 7.80. The lowest BCUT2D eigenvalue weighted by atomic mass is 10.1. The van der Waals surface area contributed by atoms with Crippen molar-refractivity contribution in [2.24, 2.45) is 0 Å². The number of likely N-dealkylation sites (tertiary alicyclic amines) is 12. The molecule has 132 heavy (non-hydrogen) atoms. The second-order valence-corrected chi connectivity index (χ2v) is 36.5. The predicted octanol–water partition coefficient (Wildman–Crippen LogP) is -13.2. The molecule has 0 radical (unpaired) electrons. The van der Waals surface area contributed by atoms with E-state index in [1.54, 1.807) is 0 Å². The van der Waals surface area contributed by atoms with Gasteiger partial charge in [0, 0.05) is 123 Å². The Bertz CT molecular complexity index is 4500. The van der Waals surface area contributed by atoms with E-state index in [-0.39, 0.29) is 167 Å². The molecule has 726 valence electrons. The number of hydrogen-bond acceptors (Lipinski definition) is 29. The molecule has 0 aromatic heterocycles. The molecule has 50 heteroatoms. The van der Waals surface area contributed by atoms with Crippen LogP contribution in [0.15, 0.2) is 0 Å². The van der Waals surface area contributed by atoms with Crippen molar-refractivity contribution < 1.29 is 136 Å². The molecule has 13 aliphatic rings. The average Bonchev–Trinajstić information content (AvgIpc) is 1.60. The topological polar surface area (TPSA) is 647 Å². The summed E-state index contributed by atoms with van der Waals surface area (Å²) in [6, 6.07) is -15.9. The molecule has 13 fully saturated rings. The minimum absolute atomic E-state index is 0.0330. The van der Waals surface area contributed by atoms with Crippen molar-refractivity contribution in [1.29, 1.82) is 0 Å². The third-order valence-electron chi connectivity index (χ3n) is 27.4. The number of β-amino-alcohol motifs (C(OH)–C–C–N with tert-alkyl or cyclic N) is 6. The smallest absolute Gasteiger partial charge is 0.322 e. The molecular weight excluding hydrogens is 1760 g/mol. The van der Waals surface area contributed by atoms with Crippen molar-refractivity contribution in [3.63, 3.8) is 0 Å². The van der Waals surface area contributed by atoms with Crippen LogP contribution in [-0.4, -0.2) is 477 Å². The van der Waals surface area contributed by atoms with E-state index >= 15 is 0 Å². The fourth-order valence-electron chi connectivity index (χ4n) is 20.9. The maximum Gasteiger partial charge on any atom is 0.322 e. The Labute approximate surface area is 762 Å². The van der Waals surface area contributed by atoms with Crippen LogP contribution in [0.1, 0.15) is 128 Å². The van der Waals surface area contributed by atoms with Gasteiger partial charge in [-0.15, -0.1) is 0 Å². The summed E-state index contributed by atoms with van der Waals surface area (Å²) in [5.41, 5.74) is 0. The fourth-order valence-corrected chi connectivity index (χ4v) is 21.2. The monoisotopic (exact) mass is 1880 g/mol. The van der Waals surface area contributed by atoms with E-state index in [1.807, 2.05) is 0 Å². The second kappa shape index (κ2) is 43.3. The first-order valence-corrected chi connectivity index (χ1v) is 46.1. The number of amides is 20. The first-order chi connectivity index (χ1) is 63.0.